The minimum absolute atomic E-state index is 0.330. The van der Waals surface area contributed by atoms with Crippen LogP contribution >= 0.6 is 0 Å². The van der Waals surface area contributed by atoms with Crippen molar-refractivity contribution in [2.45, 2.75) is 32.0 Å². The Kier molecular flexibility index (Phi) is 3.23. The van der Waals surface area contributed by atoms with E-state index in [1.54, 1.807) is 0 Å². The lowest BCUT2D eigenvalue weighted by Crippen LogP contribution is -2.16. The highest BCUT2D eigenvalue weighted by Crippen LogP contribution is 2.22. The molecule has 0 radical (unpaired) electrons. The molecule has 1 aromatic heterocycles. The topological polar surface area (TPSA) is 60.2 Å². The van der Waals surface area contributed by atoms with Gasteiger partial charge < -0.3 is 14.6 Å². The molecule has 0 amide bonds. The average Bonchev–Trinajstić information content (AvgIpc) is 3.09. The quantitative estimate of drug-likeness (QED) is 0.842. The van der Waals surface area contributed by atoms with E-state index in [0.717, 1.165) is 17.9 Å². The van der Waals surface area contributed by atoms with Gasteiger partial charge in [0.15, 0.2) is 6.61 Å². The molecule has 0 bridgehead atoms. The van der Waals surface area contributed by atoms with Gasteiger partial charge in [0.2, 0.25) is 12.2 Å². The fraction of sp³-hybridized carbons (Fsp3) is 0.385. The van der Waals surface area contributed by atoms with Crippen molar-refractivity contribution in [3.8, 4) is 5.75 Å². The Morgan fingerprint density at radius 1 is 1.33 bits per heavy atom. The Hall–Kier alpha value is -1.88. The maximum absolute atomic E-state index is 5.71. The molecule has 0 saturated heterocycles. The molecule has 1 aromatic carbocycles. The standard InChI is InChI=1S/C13H15N3O2/c1-2-4-12(17-8-13-15-9-18-16-13)10(3-1)7-14-11-5-6-11/h1-4,9,11,14H,5-8H2. The van der Waals surface area contributed by atoms with Crippen molar-refractivity contribution >= 4 is 0 Å². The van der Waals surface area contributed by atoms with Gasteiger partial charge in [0.25, 0.3) is 0 Å². The van der Waals surface area contributed by atoms with Crippen LogP contribution in [-0.4, -0.2) is 16.2 Å². The van der Waals surface area contributed by atoms with E-state index in [-0.39, 0.29) is 0 Å². The summed E-state index contributed by atoms with van der Waals surface area (Å²) in [6.45, 7) is 1.17. The molecule has 0 unspecified atom stereocenters. The molecule has 3 rings (SSSR count). The first kappa shape index (κ1) is 11.2. The van der Waals surface area contributed by atoms with Crippen molar-refractivity contribution in [2.24, 2.45) is 0 Å². The average molecular weight is 245 g/mol. The number of nitrogens with one attached hydrogen (secondary N) is 1. The summed E-state index contributed by atoms with van der Waals surface area (Å²) in [6, 6.07) is 8.71. The number of benzene rings is 1. The monoisotopic (exact) mass is 245 g/mol. The smallest absolute Gasteiger partial charge is 0.213 e. The molecule has 1 aliphatic carbocycles. The molecule has 5 nitrogen and oxygen atoms in total. The van der Waals surface area contributed by atoms with Crippen LogP contribution in [0.1, 0.15) is 24.2 Å². The summed E-state index contributed by atoms with van der Waals surface area (Å²) in [5, 5.41) is 7.20. The SMILES string of the molecule is c1ccc(OCc2ncon2)c(CNC2CC2)c1. The van der Waals surface area contributed by atoms with Crippen LogP contribution in [-0.2, 0) is 13.2 Å². The van der Waals surface area contributed by atoms with E-state index >= 15 is 0 Å². The highest BCUT2D eigenvalue weighted by atomic mass is 16.5. The Labute approximate surface area is 105 Å². The minimum atomic E-state index is 0.330. The molecule has 0 atom stereocenters. The van der Waals surface area contributed by atoms with Crippen molar-refractivity contribution in [1.29, 1.82) is 0 Å². The van der Waals surface area contributed by atoms with Crippen LogP contribution in [0.4, 0.5) is 0 Å². The molecule has 0 aliphatic heterocycles. The zero-order valence-electron chi connectivity index (χ0n) is 10.0. The number of hydrogen-bond acceptors (Lipinski definition) is 5. The first-order valence-electron chi connectivity index (χ1n) is 6.11. The van der Waals surface area contributed by atoms with E-state index in [1.165, 1.54) is 19.2 Å². The van der Waals surface area contributed by atoms with Gasteiger partial charge in [0, 0.05) is 18.2 Å². The highest BCUT2D eigenvalue weighted by Gasteiger charge is 2.20. The van der Waals surface area contributed by atoms with E-state index in [4.69, 9.17) is 4.74 Å². The van der Waals surface area contributed by atoms with E-state index in [0.29, 0.717) is 18.5 Å². The van der Waals surface area contributed by atoms with Gasteiger partial charge in [-0.3, -0.25) is 0 Å². The van der Waals surface area contributed by atoms with E-state index in [1.807, 2.05) is 18.2 Å². The minimum Gasteiger partial charge on any atom is -0.485 e. The summed E-state index contributed by atoms with van der Waals surface area (Å²) < 4.78 is 10.4. The fourth-order valence-electron chi connectivity index (χ4n) is 1.73. The predicted octanol–water partition coefficient (Wildman–Crippen LogP) is 1.90. The molecular weight excluding hydrogens is 230 g/mol. The van der Waals surface area contributed by atoms with Gasteiger partial charge in [-0.2, -0.15) is 4.98 Å². The number of hydrogen-bond donors (Lipinski definition) is 1. The highest BCUT2D eigenvalue weighted by molar-refractivity contribution is 5.33. The Balaban J connectivity index is 1.62. The molecule has 94 valence electrons. The molecule has 2 aromatic rings. The van der Waals surface area contributed by atoms with E-state index in [9.17, 15) is 0 Å². The number of nitrogens with zero attached hydrogens (tertiary/aromatic N) is 2. The summed E-state index contributed by atoms with van der Waals surface area (Å²) in [5.41, 5.74) is 1.16. The Morgan fingerprint density at radius 2 is 2.22 bits per heavy atom. The first-order chi connectivity index (χ1) is 8.92. The zero-order valence-corrected chi connectivity index (χ0v) is 10.0. The Morgan fingerprint density at radius 3 is 3.00 bits per heavy atom. The second-order valence-corrected chi connectivity index (χ2v) is 4.40. The molecule has 1 N–H and O–H groups in total. The van der Waals surface area contributed by atoms with Crippen molar-refractivity contribution in [2.75, 3.05) is 0 Å². The van der Waals surface area contributed by atoms with Crippen LogP contribution in [0.25, 0.3) is 0 Å². The van der Waals surface area contributed by atoms with Crippen LogP contribution in [0.3, 0.4) is 0 Å². The van der Waals surface area contributed by atoms with Crippen molar-refractivity contribution in [3.63, 3.8) is 0 Å². The van der Waals surface area contributed by atoms with Gasteiger partial charge in [-0.15, -0.1) is 0 Å². The lowest BCUT2D eigenvalue weighted by Gasteiger charge is -2.10. The molecule has 18 heavy (non-hydrogen) atoms. The molecule has 1 aliphatic rings. The fourth-order valence-corrected chi connectivity index (χ4v) is 1.73. The third kappa shape index (κ3) is 2.87. The number of para-hydroxylation sites is 1. The van der Waals surface area contributed by atoms with Gasteiger partial charge in [-0.25, -0.2) is 0 Å². The second-order valence-electron chi connectivity index (χ2n) is 4.40. The maximum atomic E-state index is 5.71. The second kappa shape index (κ2) is 5.18. The van der Waals surface area contributed by atoms with Crippen molar-refractivity contribution < 1.29 is 9.26 Å². The third-order valence-corrected chi connectivity index (χ3v) is 2.89. The molecule has 1 saturated carbocycles. The zero-order chi connectivity index (χ0) is 12.2. The maximum Gasteiger partial charge on any atom is 0.213 e. The van der Waals surface area contributed by atoms with Crippen LogP contribution in [0, 0.1) is 0 Å². The van der Waals surface area contributed by atoms with Crippen molar-refractivity contribution in [1.82, 2.24) is 15.5 Å². The van der Waals surface area contributed by atoms with E-state index in [2.05, 4.69) is 26.0 Å². The summed E-state index contributed by atoms with van der Waals surface area (Å²) in [4.78, 5) is 3.93. The van der Waals surface area contributed by atoms with Gasteiger partial charge in [-0.05, 0) is 18.9 Å². The van der Waals surface area contributed by atoms with Crippen molar-refractivity contribution in [3.05, 3.63) is 42.0 Å². The Bertz CT molecular complexity index is 495. The van der Waals surface area contributed by atoms with E-state index < -0.39 is 0 Å². The van der Waals surface area contributed by atoms with Gasteiger partial charge >= 0.3 is 0 Å². The van der Waals surface area contributed by atoms with Gasteiger partial charge in [0.1, 0.15) is 5.75 Å². The third-order valence-electron chi connectivity index (χ3n) is 2.89. The lowest BCUT2D eigenvalue weighted by atomic mass is 10.2. The van der Waals surface area contributed by atoms with Crippen LogP contribution in [0.5, 0.6) is 5.75 Å². The molecule has 1 heterocycles. The summed E-state index contributed by atoms with van der Waals surface area (Å²) in [6.07, 6.45) is 3.87. The van der Waals surface area contributed by atoms with Gasteiger partial charge in [-0.1, -0.05) is 23.4 Å². The molecule has 5 heteroatoms. The normalized spacial score (nSPS) is 14.7. The number of rotatable bonds is 6. The lowest BCUT2D eigenvalue weighted by molar-refractivity contribution is 0.283. The molecular formula is C13H15N3O2. The van der Waals surface area contributed by atoms with Crippen LogP contribution in [0.2, 0.25) is 0 Å². The summed E-state index contributed by atoms with van der Waals surface area (Å²) >= 11 is 0. The number of ether oxygens (including phenoxy) is 1. The first-order valence-corrected chi connectivity index (χ1v) is 6.11. The molecule has 0 spiro atoms. The summed E-state index contributed by atoms with van der Waals surface area (Å²) in [7, 11) is 0. The van der Waals surface area contributed by atoms with Crippen LogP contribution < -0.4 is 10.1 Å². The number of aromatic nitrogens is 2. The largest absolute Gasteiger partial charge is 0.485 e. The predicted molar refractivity (Wildman–Crippen MR) is 64.9 cm³/mol. The molecule has 1 fully saturated rings. The van der Waals surface area contributed by atoms with Crippen LogP contribution in [0.15, 0.2) is 35.2 Å². The van der Waals surface area contributed by atoms with Gasteiger partial charge in [0.05, 0.1) is 0 Å². The summed E-state index contributed by atoms with van der Waals surface area (Å²) in [5.74, 6) is 1.43.